The van der Waals surface area contributed by atoms with Gasteiger partial charge in [0.25, 0.3) is 0 Å². The van der Waals surface area contributed by atoms with E-state index in [-0.39, 0.29) is 48.5 Å². The molecule has 8 heteroatoms. The summed E-state index contributed by atoms with van der Waals surface area (Å²) in [6.07, 6.45) is 7.97. The topological polar surface area (TPSA) is 91.2 Å². The van der Waals surface area contributed by atoms with Crippen LogP contribution in [0.4, 0.5) is 0 Å². The van der Waals surface area contributed by atoms with Crippen LogP contribution in [0.1, 0.15) is 38.5 Å². The van der Waals surface area contributed by atoms with Gasteiger partial charge in [-0.05, 0) is 0 Å². The molecule has 2 saturated heterocycles. The molecular weight excluding hydrogens is 443 g/mol. The third kappa shape index (κ3) is 10.6. The third-order valence-electron chi connectivity index (χ3n) is 2.99. The van der Waals surface area contributed by atoms with Gasteiger partial charge in [0, 0.05) is 0 Å². The van der Waals surface area contributed by atoms with Crippen LogP contribution in [0, 0.1) is 18.8 Å². The van der Waals surface area contributed by atoms with Crippen molar-refractivity contribution >= 4 is 0 Å². The summed E-state index contributed by atoms with van der Waals surface area (Å²) in [4.78, 5) is 0. The maximum Gasteiger partial charge on any atom is 2.00 e. The van der Waals surface area contributed by atoms with E-state index < -0.39 is 0 Å². The Morgan fingerprint density at radius 1 is 0.778 bits per heavy atom. The molecule has 2 aliphatic rings. The van der Waals surface area contributed by atoms with Crippen molar-refractivity contribution in [3.63, 3.8) is 0 Å². The number of hydrogen-bond acceptors (Lipinski definition) is 0. The fourth-order valence-electron chi connectivity index (χ4n) is 2.26. The van der Waals surface area contributed by atoms with Gasteiger partial charge in [-0.1, -0.05) is 38.5 Å². The molecule has 2 fully saturated rings. The molecule has 0 aromatic rings. The van der Waals surface area contributed by atoms with Gasteiger partial charge < -0.3 is 21.6 Å². The van der Waals surface area contributed by atoms with Crippen LogP contribution >= 0.6 is 0 Å². The molecule has 2 atom stereocenters. The molecule has 0 aromatic carbocycles. The second kappa shape index (κ2) is 16.8. The van der Waals surface area contributed by atoms with Gasteiger partial charge in [-0.25, -0.2) is 0 Å². The minimum absolute atomic E-state index is 0. The van der Waals surface area contributed by atoms with Gasteiger partial charge in [0.15, 0.2) is 0 Å². The summed E-state index contributed by atoms with van der Waals surface area (Å²) in [7, 11) is 8.68. The van der Waals surface area contributed by atoms with Crippen LogP contribution in [-0.2, 0) is 37.5 Å². The molecule has 0 bridgehead atoms. The molecule has 0 radical (unpaired) electrons. The SMILES string of the molecule is C1CCC(C2CCCC[N-]2)[N-]C1.O.O.[ClH+][Mo][ClH+].[Mo+2]. The Kier molecular flexibility index (Phi) is 23.2. The average molecular weight is 467 g/mol. The van der Waals surface area contributed by atoms with E-state index in [4.69, 9.17) is 0 Å². The molecule has 4 nitrogen and oxygen atoms in total. The Morgan fingerprint density at radius 2 is 1.11 bits per heavy atom. The summed E-state index contributed by atoms with van der Waals surface area (Å²) < 4.78 is 0. The van der Waals surface area contributed by atoms with Gasteiger partial charge in [-0.2, -0.15) is 12.1 Å². The molecule has 2 aliphatic heterocycles. The van der Waals surface area contributed by atoms with E-state index in [1.165, 1.54) is 38.5 Å². The zero-order valence-corrected chi connectivity index (χ0v) is 16.0. The van der Waals surface area contributed by atoms with Crippen molar-refractivity contribution in [2.24, 2.45) is 0 Å². The second-order valence-corrected chi connectivity index (χ2v) is 7.56. The molecule has 18 heavy (non-hydrogen) atoms. The van der Waals surface area contributed by atoms with E-state index in [1.54, 1.807) is 0 Å². The summed E-state index contributed by atoms with van der Waals surface area (Å²) in [5.41, 5.74) is 0. The summed E-state index contributed by atoms with van der Waals surface area (Å²) in [6, 6.07) is 1.19. The molecule has 4 N–H and O–H groups in total. The van der Waals surface area contributed by atoms with Crippen molar-refractivity contribution in [3.8, 4) is 0 Å². The summed E-state index contributed by atoms with van der Waals surface area (Å²) >= 11 is -0.363. The van der Waals surface area contributed by atoms with Crippen LogP contribution in [-0.4, -0.2) is 36.1 Å². The quantitative estimate of drug-likeness (QED) is 0.507. The Bertz CT molecular complexity index is 145. The van der Waals surface area contributed by atoms with Crippen LogP contribution in [0.2, 0.25) is 0 Å². The minimum Gasteiger partial charge on any atom is 2.00 e. The summed E-state index contributed by atoms with van der Waals surface area (Å²) in [6.45, 7) is 2.19. The molecule has 110 valence electrons. The first-order valence-electron chi connectivity index (χ1n) is 5.63. The first kappa shape index (κ1) is 24.8. The summed E-state index contributed by atoms with van der Waals surface area (Å²) in [5, 5.41) is 9.32. The summed E-state index contributed by atoms with van der Waals surface area (Å²) in [5.74, 6) is 0. The first-order valence-corrected chi connectivity index (χ1v) is 11.2. The van der Waals surface area contributed by atoms with Gasteiger partial charge in [0.05, 0.1) is 0 Å². The average Bonchev–Trinajstić information content (AvgIpc) is 2.32. The number of nitrogens with zero attached hydrogens (tertiary/aromatic N) is 2. The van der Waals surface area contributed by atoms with Crippen LogP contribution in [0.25, 0.3) is 10.6 Å². The number of piperidine rings is 2. The van der Waals surface area contributed by atoms with Gasteiger partial charge in [-0.15, -0.1) is 13.1 Å². The van der Waals surface area contributed by atoms with Crippen LogP contribution in [0.15, 0.2) is 0 Å². The van der Waals surface area contributed by atoms with Crippen molar-refractivity contribution in [2.75, 3.05) is 13.1 Å². The molecule has 2 heterocycles. The van der Waals surface area contributed by atoms with Crippen molar-refractivity contribution in [2.45, 2.75) is 50.6 Å². The molecular formula is C10H24Cl2Mo2N2O2+2. The van der Waals surface area contributed by atoms with E-state index in [2.05, 4.69) is 29.5 Å². The second-order valence-electron chi connectivity index (χ2n) is 4.01. The van der Waals surface area contributed by atoms with E-state index in [0.717, 1.165) is 13.1 Å². The van der Waals surface area contributed by atoms with Crippen LogP contribution in [0.5, 0.6) is 0 Å². The fourth-order valence-corrected chi connectivity index (χ4v) is 2.26. The Hall–Kier alpha value is 1.80. The largest absolute Gasteiger partial charge is 2.00 e. The van der Waals surface area contributed by atoms with Gasteiger partial charge >= 0.3 is 56.4 Å². The van der Waals surface area contributed by atoms with Crippen molar-refractivity contribution in [1.82, 2.24) is 0 Å². The smallest absolute Gasteiger partial charge is 2.00 e. The maximum absolute atomic E-state index is 4.66. The number of hydrogen-bond donors (Lipinski definition) is 0. The zero-order chi connectivity index (χ0) is 10.9. The number of halogens is 2. The molecule has 0 spiro atoms. The fraction of sp³-hybridized carbons (Fsp3) is 1.00. The van der Waals surface area contributed by atoms with Gasteiger partial charge in [0.1, 0.15) is 0 Å². The molecule has 2 rings (SSSR count). The Labute approximate surface area is 141 Å². The Morgan fingerprint density at radius 3 is 1.33 bits per heavy atom. The first-order chi connectivity index (χ1) is 7.38. The van der Waals surface area contributed by atoms with Crippen molar-refractivity contribution in [3.05, 3.63) is 10.6 Å². The predicted molar refractivity (Wildman–Crippen MR) is 61.7 cm³/mol. The maximum atomic E-state index is 4.66. The van der Waals surface area contributed by atoms with E-state index in [0.29, 0.717) is 12.1 Å². The van der Waals surface area contributed by atoms with Crippen molar-refractivity contribution in [1.29, 1.82) is 0 Å². The minimum atomic E-state index is -0.363. The molecule has 0 aromatic heterocycles. The number of rotatable bonds is 1. The third-order valence-corrected chi connectivity index (χ3v) is 2.99. The van der Waals surface area contributed by atoms with Crippen LogP contribution in [0.3, 0.4) is 0 Å². The molecule has 0 saturated carbocycles. The zero-order valence-electron chi connectivity index (χ0n) is 10.3. The molecule has 0 amide bonds. The monoisotopic (exact) mass is 470 g/mol. The van der Waals surface area contributed by atoms with Gasteiger partial charge in [0.2, 0.25) is 0 Å². The standard InChI is InChI=1S/C10H18N2.2ClH.2Mo.2H2O/c1-3-7-11-9(5-1)10-6-2-4-8-12-10;;;;;;/h9-10H,1-8H2;2*1H;;;2*1H2/q-2;;;2*+2;;. The van der Waals surface area contributed by atoms with E-state index >= 15 is 0 Å². The van der Waals surface area contributed by atoms with E-state index in [9.17, 15) is 0 Å². The Balaban J connectivity index is -0.000000345. The van der Waals surface area contributed by atoms with Crippen LogP contribution < -0.4 is 0 Å². The van der Waals surface area contributed by atoms with Crippen molar-refractivity contribution < 1.29 is 67.3 Å². The van der Waals surface area contributed by atoms with Gasteiger partial charge in [-0.3, -0.25) is 0 Å². The normalized spacial score (nSPS) is 26.3. The predicted octanol–water partition coefficient (Wildman–Crippen LogP) is 0.649. The molecule has 2 unspecified atom stereocenters. The molecule has 0 aliphatic carbocycles. The van der Waals surface area contributed by atoms with E-state index in [1.807, 2.05) is 0 Å².